The first-order valence-electron chi connectivity index (χ1n) is 9.48. The van der Waals surface area contributed by atoms with E-state index < -0.39 is 0 Å². The highest BCUT2D eigenvalue weighted by Crippen LogP contribution is 2.28. The van der Waals surface area contributed by atoms with Gasteiger partial charge >= 0.3 is 0 Å². The van der Waals surface area contributed by atoms with Crippen molar-refractivity contribution in [3.05, 3.63) is 65.9 Å². The molecule has 0 aliphatic carbocycles. The average Bonchev–Trinajstić information content (AvgIpc) is 3.05. The van der Waals surface area contributed by atoms with Crippen LogP contribution in [0.1, 0.15) is 37.3 Å². The van der Waals surface area contributed by atoms with Crippen molar-refractivity contribution < 1.29 is 4.74 Å². The molecule has 0 spiro atoms. The van der Waals surface area contributed by atoms with Crippen molar-refractivity contribution in [3.63, 3.8) is 0 Å². The average molecular weight is 395 g/mol. The molecule has 3 N–H and O–H groups in total. The Morgan fingerprint density at radius 1 is 1.25 bits per heavy atom. The second-order valence-electron chi connectivity index (χ2n) is 6.72. The second kappa shape index (κ2) is 9.37. The lowest BCUT2D eigenvalue weighted by Crippen LogP contribution is -2.23. The molecular weight excluding hydrogens is 368 g/mol. The van der Waals surface area contributed by atoms with Crippen LogP contribution in [0.15, 0.2) is 59.8 Å². The van der Waals surface area contributed by atoms with E-state index >= 15 is 0 Å². The Hall–Kier alpha value is -2.86. The molecule has 0 saturated heterocycles. The molecule has 0 amide bonds. The summed E-state index contributed by atoms with van der Waals surface area (Å²) in [5.41, 5.74) is 11.4. The SMILES string of the molecule is CCC(C)c1ccccc1OCCn1cc(C=NNC(N)=S)c2ccccc21. The molecule has 3 rings (SSSR count). The normalized spacial score (nSPS) is 12.4. The van der Waals surface area contributed by atoms with Crippen LogP contribution in [0.5, 0.6) is 5.75 Å². The van der Waals surface area contributed by atoms with Crippen molar-refractivity contribution in [2.45, 2.75) is 32.7 Å². The molecule has 1 aromatic heterocycles. The number of benzene rings is 2. The van der Waals surface area contributed by atoms with E-state index in [0.29, 0.717) is 12.5 Å². The number of ether oxygens (including phenoxy) is 1. The van der Waals surface area contributed by atoms with Crippen LogP contribution in [0.25, 0.3) is 10.9 Å². The summed E-state index contributed by atoms with van der Waals surface area (Å²) in [4.78, 5) is 0. The molecule has 0 aliphatic heterocycles. The van der Waals surface area contributed by atoms with Crippen LogP contribution in [-0.4, -0.2) is 22.5 Å². The minimum Gasteiger partial charge on any atom is -0.491 e. The molecular formula is C22H26N4OS. The zero-order chi connectivity index (χ0) is 19.9. The molecule has 6 heteroatoms. The maximum Gasteiger partial charge on any atom is 0.184 e. The molecule has 1 heterocycles. The van der Waals surface area contributed by atoms with E-state index in [9.17, 15) is 0 Å². The number of thiocarbonyl (C=S) groups is 1. The third kappa shape index (κ3) is 4.70. The lowest BCUT2D eigenvalue weighted by molar-refractivity contribution is 0.296. The zero-order valence-electron chi connectivity index (χ0n) is 16.3. The van der Waals surface area contributed by atoms with Gasteiger partial charge in [0.05, 0.1) is 12.8 Å². The van der Waals surface area contributed by atoms with Gasteiger partial charge in [-0.15, -0.1) is 0 Å². The number of hydrazone groups is 1. The van der Waals surface area contributed by atoms with Crippen molar-refractivity contribution in [1.82, 2.24) is 9.99 Å². The fourth-order valence-electron chi connectivity index (χ4n) is 3.22. The number of hydrogen-bond donors (Lipinski definition) is 2. The Morgan fingerprint density at radius 3 is 2.79 bits per heavy atom. The standard InChI is InChI=1S/C22H26N4OS/c1-3-16(2)18-8-5-7-11-21(18)27-13-12-26-15-17(14-24-25-22(23)28)19-9-4-6-10-20(19)26/h4-11,14-16H,3,12-13H2,1-2H3,(H3,23,25,28). The smallest absolute Gasteiger partial charge is 0.184 e. The zero-order valence-corrected chi connectivity index (χ0v) is 17.1. The molecule has 28 heavy (non-hydrogen) atoms. The lowest BCUT2D eigenvalue weighted by atomic mass is 9.98. The van der Waals surface area contributed by atoms with E-state index in [2.05, 4.69) is 65.5 Å². The number of para-hydroxylation sites is 2. The summed E-state index contributed by atoms with van der Waals surface area (Å²) in [6.45, 7) is 5.76. The van der Waals surface area contributed by atoms with Gasteiger partial charge in [0, 0.05) is 22.7 Å². The topological polar surface area (TPSA) is 64.6 Å². The molecule has 0 fully saturated rings. The van der Waals surface area contributed by atoms with Crippen molar-refractivity contribution in [3.8, 4) is 5.75 Å². The van der Waals surface area contributed by atoms with Gasteiger partial charge < -0.3 is 15.0 Å². The summed E-state index contributed by atoms with van der Waals surface area (Å²) >= 11 is 4.78. The van der Waals surface area contributed by atoms with E-state index in [4.69, 9.17) is 22.7 Å². The fourth-order valence-corrected chi connectivity index (χ4v) is 3.27. The van der Waals surface area contributed by atoms with Gasteiger partial charge in [-0.3, -0.25) is 5.43 Å². The molecule has 0 radical (unpaired) electrons. The van der Waals surface area contributed by atoms with E-state index in [1.807, 2.05) is 18.2 Å². The van der Waals surface area contributed by atoms with Gasteiger partial charge in [0.15, 0.2) is 5.11 Å². The fraction of sp³-hybridized carbons (Fsp3) is 0.273. The van der Waals surface area contributed by atoms with Gasteiger partial charge in [-0.05, 0) is 42.3 Å². The minimum atomic E-state index is 0.147. The molecule has 1 unspecified atom stereocenters. The number of fused-ring (bicyclic) bond motifs is 1. The molecule has 3 aromatic rings. The molecule has 146 valence electrons. The van der Waals surface area contributed by atoms with Crippen LogP contribution in [0, 0.1) is 0 Å². The maximum absolute atomic E-state index is 6.13. The minimum absolute atomic E-state index is 0.147. The highest BCUT2D eigenvalue weighted by molar-refractivity contribution is 7.80. The first kappa shape index (κ1) is 19.9. The number of nitrogens with zero attached hydrogens (tertiary/aromatic N) is 2. The van der Waals surface area contributed by atoms with Gasteiger partial charge in [-0.2, -0.15) is 5.10 Å². The third-order valence-electron chi connectivity index (χ3n) is 4.85. The van der Waals surface area contributed by atoms with Crippen LogP contribution in [0.2, 0.25) is 0 Å². The predicted octanol–water partition coefficient (Wildman–Crippen LogP) is 4.40. The van der Waals surface area contributed by atoms with Crippen molar-refractivity contribution in [2.75, 3.05) is 6.61 Å². The highest BCUT2D eigenvalue weighted by atomic mass is 32.1. The molecule has 0 saturated carbocycles. The van der Waals surface area contributed by atoms with E-state index in [-0.39, 0.29) is 5.11 Å². The summed E-state index contributed by atoms with van der Waals surface area (Å²) in [6, 6.07) is 16.5. The lowest BCUT2D eigenvalue weighted by Gasteiger charge is -2.16. The Morgan fingerprint density at radius 2 is 2.00 bits per heavy atom. The third-order valence-corrected chi connectivity index (χ3v) is 4.94. The van der Waals surface area contributed by atoms with Crippen LogP contribution in [-0.2, 0) is 6.54 Å². The monoisotopic (exact) mass is 394 g/mol. The number of nitrogens with two attached hydrogens (primary N) is 1. The predicted molar refractivity (Wildman–Crippen MR) is 120 cm³/mol. The van der Waals surface area contributed by atoms with Gasteiger partial charge in [-0.25, -0.2) is 0 Å². The molecule has 0 bridgehead atoms. The number of hydrogen-bond acceptors (Lipinski definition) is 3. The van der Waals surface area contributed by atoms with Gasteiger partial charge in [0.2, 0.25) is 0 Å². The van der Waals surface area contributed by atoms with Crippen molar-refractivity contribution in [1.29, 1.82) is 0 Å². The number of rotatable bonds is 8. The molecule has 5 nitrogen and oxygen atoms in total. The summed E-state index contributed by atoms with van der Waals surface area (Å²) in [5.74, 6) is 1.45. The quantitative estimate of drug-likeness (QED) is 0.338. The van der Waals surface area contributed by atoms with Crippen LogP contribution >= 0.6 is 12.2 Å². The second-order valence-corrected chi connectivity index (χ2v) is 7.16. The summed E-state index contributed by atoms with van der Waals surface area (Å²) < 4.78 is 8.32. The molecule has 2 aromatic carbocycles. The summed E-state index contributed by atoms with van der Waals surface area (Å²) in [7, 11) is 0. The van der Waals surface area contributed by atoms with Gasteiger partial charge in [0.25, 0.3) is 0 Å². The first-order chi connectivity index (χ1) is 13.6. The number of aromatic nitrogens is 1. The van der Waals surface area contributed by atoms with E-state index in [1.54, 1.807) is 6.21 Å². The van der Waals surface area contributed by atoms with Crippen molar-refractivity contribution >= 4 is 34.4 Å². The summed E-state index contributed by atoms with van der Waals surface area (Å²) in [6.07, 6.45) is 4.89. The molecule has 1 atom stereocenters. The van der Waals surface area contributed by atoms with Crippen LogP contribution < -0.4 is 15.9 Å². The largest absolute Gasteiger partial charge is 0.491 e. The van der Waals surface area contributed by atoms with Gasteiger partial charge in [-0.1, -0.05) is 50.2 Å². The van der Waals surface area contributed by atoms with Crippen molar-refractivity contribution in [2.24, 2.45) is 10.8 Å². The Balaban J connectivity index is 1.75. The Kier molecular flexibility index (Phi) is 6.66. The first-order valence-corrected chi connectivity index (χ1v) is 9.89. The Labute approximate surface area is 171 Å². The number of nitrogens with one attached hydrogen (secondary N) is 1. The summed E-state index contributed by atoms with van der Waals surface area (Å²) in [5, 5.41) is 5.35. The van der Waals surface area contributed by atoms with E-state index in [0.717, 1.165) is 35.2 Å². The van der Waals surface area contributed by atoms with Crippen LogP contribution in [0.4, 0.5) is 0 Å². The van der Waals surface area contributed by atoms with Gasteiger partial charge in [0.1, 0.15) is 12.4 Å². The Bertz CT molecular complexity index is 980. The van der Waals surface area contributed by atoms with E-state index in [1.165, 1.54) is 5.56 Å². The van der Waals surface area contributed by atoms with Crippen LogP contribution in [0.3, 0.4) is 0 Å². The maximum atomic E-state index is 6.13. The highest BCUT2D eigenvalue weighted by Gasteiger charge is 2.10. The molecule has 0 aliphatic rings.